The van der Waals surface area contributed by atoms with Crippen molar-refractivity contribution >= 4 is 5.69 Å². The summed E-state index contributed by atoms with van der Waals surface area (Å²) in [7, 11) is 2.43. The Morgan fingerprint density at radius 2 is 1.78 bits per heavy atom. The molecule has 1 heterocycles. The van der Waals surface area contributed by atoms with Crippen molar-refractivity contribution in [1.29, 1.82) is 0 Å². The maximum Gasteiger partial charge on any atom is 0.0825 e. The minimum Gasteiger partial charge on any atom is -0.326 e. The Bertz CT molecular complexity index is 494. The van der Waals surface area contributed by atoms with E-state index in [9.17, 15) is 0 Å². The molecule has 1 N–H and O–H groups in total. The molecule has 23 heavy (non-hydrogen) atoms. The third-order valence-electron chi connectivity index (χ3n) is 4.77. The molecule has 1 fully saturated rings. The molecule has 1 aliphatic heterocycles. The number of quaternary nitrogens is 1. The second kappa shape index (κ2) is 8.51. The number of anilines is 1. The molecule has 1 saturated heterocycles. The van der Waals surface area contributed by atoms with Crippen LogP contribution in [0.25, 0.3) is 0 Å². The minimum atomic E-state index is 0.918. The molecular weight excluding hydrogens is 282 g/mol. The summed E-state index contributed by atoms with van der Waals surface area (Å²) >= 11 is 0. The van der Waals surface area contributed by atoms with Gasteiger partial charge in [0.25, 0.3) is 0 Å². The van der Waals surface area contributed by atoms with E-state index in [0.717, 1.165) is 6.54 Å². The van der Waals surface area contributed by atoms with E-state index in [2.05, 4.69) is 68.7 Å². The summed E-state index contributed by atoms with van der Waals surface area (Å²) in [6.45, 7) is 11.3. The van der Waals surface area contributed by atoms with Crippen molar-refractivity contribution in [2.45, 2.75) is 46.5 Å². The minimum absolute atomic E-state index is 0.918. The molecule has 0 radical (unpaired) electrons. The van der Waals surface area contributed by atoms with E-state index in [4.69, 9.17) is 0 Å². The quantitative estimate of drug-likeness (QED) is 0.601. The maximum atomic E-state index is 3.39. The fourth-order valence-corrected chi connectivity index (χ4v) is 3.36. The topological polar surface area (TPSA) is 15.3 Å². The number of allylic oxidation sites excluding steroid dienone is 1. The summed E-state index contributed by atoms with van der Waals surface area (Å²) in [6, 6.07) is 9.03. The van der Waals surface area contributed by atoms with Crippen LogP contribution in [0, 0.1) is 0 Å². The lowest BCUT2D eigenvalue weighted by Gasteiger charge is -2.37. The molecular formula is C20H34N3+. The van der Waals surface area contributed by atoms with Gasteiger partial charge in [-0.2, -0.15) is 0 Å². The fraction of sp³-hybridized carbons (Fsp3) is 0.600. The summed E-state index contributed by atoms with van der Waals surface area (Å²) < 4.78 is 1.25. The standard InChI is InChI=1S/C20H34N3/c1-5-21-22(17-18(2)3)20-11-9-19(10-12-20)13-16-23(4)14-7-6-8-15-23/h9-12,17,21H,5-8,13-16H2,1-4H3/q+1. The molecule has 0 saturated carbocycles. The Hall–Kier alpha value is -1.32. The lowest BCUT2D eigenvalue weighted by molar-refractivity contribution is -0.913. The first kappa shape index (κ1) is 18.0. The van der Waals surface area contributed by atoms with Crippen LogP contribution in [0.2, 0.25) is 0 Å². The third-order valence-corrected chi connectivity index (χ3v) is 4.77. The van der Waals surface area contributed by atoms with Gasteiger partial charge in [-0.25, -0.2) is 5.43 Å². The van der Waals surface area contributed by atoms with Crippen LogP contribution in [-0.4, -0.2) is 37.7 Å². The van der Waals surface area contributed by atoms with Crippen LogP contribution < -0.4 is 10.4 Å². The Kier molecular flexibility index (Phi) is 6.67. The second-order valence-corrected chi connectivity index (χ2v) is 7.36. The van der Waals surface area contributed by atoms with Crippen LogP contribution in [0.15, 0.2) is 36.0 Å². The average Bonchev–Trinajstić information content (AvgIpc) is 2.53. The molecule has 0 atom stereocenters. The van der Waals surface area contributed by atoms with Gasteiger partial charge < -0.3 is 4.48 Å². The summed E-state index contributed by atoms with van der Waals surface area (Å²) in [6.07, 6.45) is 7.55. The first-order valence-corrected chi connectivity index (χ1v) is 9.13. The zero-order valence-corrected chi connectivity index (χ0v) is 15.4. The van der Waals surface area contributed by atoms with E-state index in [1.807, 2.05) is 0 Å². The van der Waals surface area contributed by atoms with E-state index < -0.39 is 0 Å². The number of piperidine rings is 1. The summed E-state index contributed by atoms with van der Waals surface area (Å²) in [5.74, 6) is 0. The Morgan fingerprint density at radius 1 is 1.13 bits per heavy atom. The van der Waals surface area contributed by atoms with E-state index in [1.54, 1.807) is 0 Å². The van der Waals surface area contributed by atoms with Gasteiger partial charge >= 0.3 is 0 Å². The molecule has 0 spiro atoms. The number of likely N-dealkylation sites (tertiary alicyclic amines) is 1. The van der Waals surface area contributed by atoms with Gasteiger partial charge in [0, 0.05) is 19.2 Å². The normalized spacial score (nSPS) is 16.9. The number of nitrogens with one attached hydrogen (secondary N) is 1. The van der Waals surface area contributed by atoms with Crippen LogP contribution in [-0.2, 0) is 6.42 Å². The molecule has 0 amide bonds. The number of nitrogens with zero attached hydrogens (tertiary/aromatic N) is 2. The molecule has 1 aromatic carbocycles. The highest BCUT2D eigenvalue weighted by Gasteiger charge is 2.23. The van der Waals surface area contributed by atoms with Gasteiger partial charge in [0.1, 0.15) is 0 Å². The van der Waals surface area contributed by atoms with Crippen LogP contribution in [0.5, 0.6) is 0 Å². The molecule has 3 heteroatoms. The average molecular weight is 317 g/mol. The number of rotatable bonds is 7. The summed E-state index contributed by atoms with van der Waals surface area (Å²) in [5, 5.41) is 2.12. The van der Waals surface area contributed by atoms with E-state index >= 15 is 0 Å². The van der Waals surface area contributed by atoms with Gasteiger partial charge in [0.15, 0.2) is 0 Å². The highest BCUT2D eigenvalue weighted by Crippen LogP contribution is 2.19. The number of likely N-dealkylation sites (N-methyl/N-ethyl adjacent to an activating group) is 1. The van der Waals surface area contributed by atoms with Gasteiger partial charge in [-0.05, 0) is 50.8 Å². The largest absolute Gasteiger partial charge is 0.326 e. The first-order valence-electron chi connectivity index (χ1n) is 9.13. The molecule has 0 unspecified atom stereocenters. The van der Waals surface area contributed by atoms with Crippen LogP contribution in [0.4, 0.5) is 5.69 Å². The lowest BCUT2D eigenvalue weighted by Crippen LogP contribution is -2.49. The summed E-state index contributed by atoms with van der Waals surface area (Å²) in [4.78, 5) is 0. The van der Waals surface area contributed by atoms with Gasteiger partial charge in [-0.15, -0.1) is 0 Å². The monoisotopic (exact) mass is 316 g/mol. The first-order chi connectivity index (χ1) is 11.0. The van der Waals surface area contributed by atoms with Gasteiger partial charge in [0.2, 0.25) is 0 Å². The molecule has 0 aliphatic carbocycles. The Labute approximate surface area is 142 Å². The van der Waals surface area contributed by atoms with Crippen molar-refractivity contribution in [1.82, 2.24) is 5.43 Å². The Balaban J connectivity index is 1.96. The van der Waals surface area contributed by atoms with Crippen molar-refractivity contribution in [2.75, 3.05) is 38.2 Å². The Morgan fingerprint density at radius 3 is 2.35 bits per heavy atom. The smallest absolute Gasteiger partial charge is 0.0825 e. The van der Waals surface area contributed by atoms with Crippen LogP contribution in [0.3, 0.4) is 0 Å². The number of hydrogen-bond acceptors (Lipinski definition) is 2. The van der Waals surface area contributed by atoms with E-state index in [0.29, 0.717) is 0 Å². The number of hydrazine groups is 1. The van der Waals surface area contributed by atoms with Crippen LogP contribution >= 0.6 is 0 Å². The zero-order chi connectivity index (χ0) is 16.7. The zero-order valence-electron chi connectivity index (χ0n) is 15.4. The number of benzene rings is 1. The molecule has 1 aromatic rings. The molecule has 1 aliphatic rings. The molecule has 128 valence electrons. The SMILES string of the molecule is CCNN(C=C(C)C)c1ccc(CC[N+]2(C)CCCCC2)cc1. The van der Waals surface area contributed by atoms with Gasteiger partial charge in [0.05, 0.1) is 32.4 Å². The molecule has 3 nitrogen and oxygen atoms in total. The van der Waals surface area contributed by atoms with Crippen molar-refractivity contribution in [3.05, 3.63) is 41.6 Å². The van der Waals surface area contributed by atoms with E-state index in [1.165, 1.54) is 66.6 Å². The highest BCUT2D eigenvalue weighted by atomic mass is 15.5. The fourth-order valence-electron chi connectivity index (χ4n) is 3.36. The van der Waals surface area contributed by atoms with Crippen molar-refractivity contribution in [3.63, 3.8) is 0 Å². The molecule has 0 bridgehead atoms. The van der Waals surface area contributed by atoms with E-state index in [-0.39, 0.29) is 0 Å². The molecule has 0 aromatic heterocycles. The predicted octanol–water partition coefficient (Wildman–Crippen LogP) is 4.11. The maximum absolute atomic E-state index is 3.39. The van der Waals surface area contributed by atoms with Crippen molar-refractivity contribution in [2.24, 2.45) is 0 Å². The summed E-state index contributed by atoms with van der Waals surface area (Å²) in [5.41, 5.74) is 7.34. The predicted molar refractivity (Wildman–Crippen MR) is 100 cm³/mol. The van der Waals surface area contributed by atoms with Gasteiger partial charge in [-0.1, -0.05) is 24.6 Å². The number of hydrogen-bond donors (Lipinski definition) is 1. The second-order valence-electron chi connectivity index (χ2n) is 7.36. The van der Waals surface area contributed by atoms with Crippen LogP contribution in [0.1, 0.15) is 45.6 Å². The van der Waals surface area contributed by atoms with Gasteiger partial charge in [-0.3, -0.25) is 5.01 Å². The highest BCUT2D eigenvalue weighted by molar-refractivity contribution is 5.49. The van der Waals surface area contributed by atoms with Crippen molar-refractivity contribution < 1.29 is 4.48 Å². The third kappa shape index (κ3) is 5.67. The van der Waals surface area contributed by atoms with Crippen molar-refractivity contribution in [3.8, 4) is 0 Å². The molecule has 2 rings (SSSR count). The lowest BCUT2D eigenvalue weighted by atomic mass is 10.1.